The highest BCUT2D eigenvalue weighted by Gasteiger charge is 2.21. The average Bonchev–Trinajstić information content (AvgIpc) is 2.46. The van der Waals surface area contributed by atoms with Gasteiger partial charge in [-0.1, -0.05) is 13.3 Å². The maximum atomic E-state index is 5.27. The Labute approximate surface area is 75.7 Å². The number of nitrogens with one attached hydrogen (secondary N) is 1. The fourth-order valence-corrected chi connectivity index (χ4v) is 1.91. The van der Waals surface area contributed by atoms with E-state index in [1.807, 2.05) is 6.92 Å². The highest BCUT2D eigenvalue weighted by molar-refractivity contribution is 4.79. The monoisotopic (exact) mass is 171 g/mol. The number of hydrogen-bond acceptors (Lipinski definition) is 2. The van der Waals surface area contributed by atoms with Crippen LogP contribution in [0.2, 0.25) is 0 Å². The summed E-state index contributed by atoms with van der Waals surface area (Å²) in [7, 11) is 0. The van der Waals surface area contributed by atoms with Gasteiger partial charge in [-0.3, -0.25) is 0 Å². The Morgan fingerprint density at radius 3 is 2.83 bits per heavy atom. The maximum Gasteiger partial charge on any atom is 0.0590 e. The second-order valence-corrected chi connectivity index (χ2v) is 3.67. The van der Waals surface area contributed by atoms with Gasteiger partial charge >= 0.3 is 0 Å². The molecular weight excluding hydrogens is 150 g/mol. The molecule has 1 aliphatic rings. The molecule has 0 aromatic heterocycles. The number of ether oxygens (including phenoxy) is 1. The Morgan fingerprint density at radius 2 is 2.25 bits per heavy atom. The maximum absolute atomic E-state index is 5.27. The molecule has 2 heteroatoms. The van der Waals surface area contributed by atoms with Gasteiger partial charge in [0.2, 0.25) is 0 Å². The molecule has 0 radical (unpaired) electrons. The smallest absolute Gasteiger partial charge is 0.0590 e. The van der Waals surface area contributed by atoms with Gasteiger partial charge in [0.05, 0.1) is 6.61 Å². The van der Waals surface area contributed by atoms with E-state index in [1.54, 1.807) is 0 Å². The highest BCUT2D eigenvalue weighted by Crippen LogP contribution is 2.24. The minimum Gasteiger partial charge on any atom is -0.380 e. The third kappa shape index (κ3) is 3.11. The van der Waals surface area contributed by atoms with Gasteiger partial charge in [-0.25, -0.2) is 0 Å². The molecule has 0 unspecified atom stereocenters. The Hall–Kier alpha value is -0.0800. The van der Waals surface area contributed by atoms with Gasteiger partial charge < -0.3 is 10.1 Å². The fourth-order valence-electron chi connectivity index (χ4n) is 1.91. The standard InChI is InChI=1S/C10H21NO/c1-3-12-8-7-11-10-6-4-5-9(10)2/h9-11H,3-8H2,1-2H3/t9-,10+/m1/s1. The van der Waals surface area contributed by atoms with Crippen LogP contribution in [0.1, 0.15) is 33.1 Å². The number of hydrogen-bond donors (Lipinski definition) is 1. The second kappa shape index (κ2) is 5.55. The van der Waals surface area contributed by atoms with Crippen LogP contribution in [-0.4, -0.2) is 25.8 Å². The molecule has 0 saturated heterocycles. The Bertz CT molecular complexity index is 116. The molecule has 1 N–H and O–H groups in total. The van der Waals surface area contributed by atoms with Crippen molar-refractivity contribution in [2.75, 3.05) is 19.8 Å². The van der Waals surface area contributed by atoms with Gasteiger partial charge in [-0.2, -0.15) is 0 Å². The number of rotatable bonds is 5. The minimum absolute atomic E-state index is 0.755. The summed E-state index contributed by atoms with van der Waals surface area (Å²) in [5.74, 6) is 0.867. The zero-order chi connectivity index (χ0) is 8.81. The molecule has 1 aliphatic carbocycles. The lowest BCUT2D eigenvalue weighted by molar-refractivity contribution is 0.145. The predicted molar refractivity (Wildman–Crippen MR) is 51.3 cm³/mol. The zero-order valence-electron chi connectivity index (χ0n) is 8.31. The predicted octanol–water partition coefficient (Wildman–Crippen LogP) is 1.80. The molecule has 1 rings (SSSR count). The third-order valence-electron chi connectivity index (χ3n) is 2.72. The first kappa shape index (κ1) is 10.0. The van der Waals surface area contributed by atoms with Crippen LogP contribution in [0.5, 0.6) is 0 Å². The molecule has 12 heavy (non-hydrogen) atoms. The zero-order valence-corrected chi connectivity index (χ0v) is 8.31. The summed E-state index contributed by atoms with van der Waals surface area (Å²) in [5, 5.41) is 3.54. The van der Waals surface area contributed by atoms with Crippen molar-refractivity contribution in [2.45, 2.75) is 39.2 Å². The van der Waals surface area contributed by atoms with Crippen LogP contribution in [-0.2, 0) is 4.74 Å². The van der Waals surface area contributed by atoms with Gasteiger partial charge in [0, 0.05) is 19.2 Å². The summed E-state index contributed by atoms with van der Waals surface area (Å²) < 4.78 is 5.27. The fraction of sp³-hybridized carbons (Fsp3) is 1.00. The molecule has 1 saturated carbocycles. The van der Waals surface area contributed by atoms with Gasteiger partial charge in [-0.15, -0.1) is 0 Å². The van der Waals surface area contributed by atoms with Crippen molar-refractivity contribution in [2.24, 2.45) is 5.92 Å². The van der Waals surface area contributed by atoms with E-state index in [9.17, 15) is 0 Å². The van der Waals surface area contributed by atoms with E-state index in [1.165, 1.54) is 19.3 Å². The first-order valence-corrected chi connectivity index (χ1v) is 5.15. The van der Waals surface area contributed by atoms with E-state index in [2.05, 4.69) is 12.2 Å². The van der Waals surface area contributed by atoms with E-state index >= 15 is 0 Å². The molecule has 0 aromatic rings. The molecule has 2 atom stereocenters. The van der Waals surface area contributed by atoms with Crippen molar-refractivity contribution in [1.29, 1.82) is 0 Å². The summed E-state index contributed by atoms with van der Waals surface area (Å²) in [6.07, 6.45) is 4.15. The second-order valence-electron chi connectivity index (χ2n) is 3.67. The molecule has 0 heterocycles. The van der Waals surface area contributed by atoms with E-state index in [0.717, 1.165) is 31.7 Å². The van der Waals surface area contributed by atoms with E-state index in [-0.39, 0.29) is 0 Å². The Balaban J connectivity index is 1.98. The molecule has 2 nitrogen and oxygen atoms in total. The lowest BCUT2D eigenvalue weighted by atomic mass is 10.1. The SMILES string of the molecule is CCOCCN[C@H]1CCC[C@H]1C. The highest BCUT2D eigenvalue weighted by atomic mass is 16.5. The Kier molecular flexibility index (Phi) is 4.62. The van der Waals surface area contributed by atoms with Crippen LogP contribution in [0.3, 0.4) is 0 Å². The molecule has 0 aromatic carbocycles. The molecule has 0 aliphatic heterocycles. The van der Waals surface area contributed by atoms with Crippen molar-refractivity contribution in [3.05, 3.63) is 0 Å². The lowest BCUT2D eigenvalue weighted by Gasteiger charge is -2.16. The van der Waals surface area contributed by atoms with Crippen molar-refractivity contribution in [3.63, 3.8) is 0 Å². The van der Waals surface area contributed by atoms with Crippen molar-refractivity contribution >= 4 is 0 Å². The van der Waals surface area contributed by atoms with E-state index < -0.39 is 0 Å². The van der Waals surface area contributed by atoms with Crippen LogP contribution in [0.25, 0.3) is 0 Å². The van der Waals surface area contributed by atoms with E-state index in [4.69, 9.17) is 4.74 Å². The van der Waals surface area contributed by atoms with Crippen LogP contribution in [0.15, 0.2) is 0 Å². The van der Waals surface area contributed by atoms with Crippen LogP contribution < -0.4 is 5.32 Å². The lowest BCUT2D eigenvalue weighted by Crippen LogP contribution is -2.33. The van der Waals surface area contributed by atoms with Crippen molar-refractivity contribution < 1.29 is 4.74 Å². The van der Waals surface area contributed by atoms with Crippen LogP contribution >= 0.6 is 0 Å². The molecule has 0 spiro atoms. The topological polar surface area (TPSA) is 21.3 Å². The summed E-state index contributed by atoms with van der Waals surface area (Å²) in [4.78, 5) is 0. The summed E-state index contributed by atoms with van der Waals surface area (Å²) >= 11 is 0. The third-order valence-corrected chi connectivity index (χ3v) is 2.72. The normalized spacial score (nSPS) is 29.5. The van der Waals surface area contributed by atoms with Gasteiger partial charge in [0.25, 0.3) is 0 Å². The summed E-state index contributed by atoms with van der Waals surface area (Å²) in [6.45, 7) is 7.09. The summed E-state index contributed by atoms with van der Waals surface area (Å²) in [6, 6.07) is 0.755. The summed E-state index contributed by atoms with van der Waals surface area (Å²) in [5.41, 5.74) is 0. The van der Waals surface area contributed by atoms with Crippen LogP contribution in [0, 0.1) is 5.92 Å². The van der Waals surface area contributed by atoms with Crippen LogP contribution in [0.4, 0.5) is 0 Å². The van der Waals surface area contributed by atoms with Gasteiger partial charge in [0.1, 0.15) is 0 Å². The molecule has 0 amide bonds. The van der Waals surface area contributed by atoms with Gasteiger partial charge in [-0.05, 0) is 25.7 Å². The largest absolute Gasteiger partial charge is 0.380 e. The quantitative estimate of drug-likeness (QED) is 0.637. The van der Waals surface area contributed by atoms with Gasteiger partial charge in [0.15, 0.2) is 0 Å². The van der Waals surface area contributed by atoms with Crippen molar-refractivity contribution in [1.82, 2.24) is 5.32 Å². The molecule has 72 valence electrons. The Morgan fingerprint density at radius 1 is 1.42 bits per heavy atom. The molecular formula is C10H21NO. The van der Waals surface area contributed by atoms with Crippen molar-refractivity contribution in [3.8, 4) is 0 Å². The molecule has 0 bridgehead atoms. The first-order chi connectivity index (χ1) is 5.84. The van der Waals surface area contributed by atoms with E-state index in [0.29, 0.717) is 0 Å². The first-order valence-electron chi connectivity index (χ1n) is 5.15. The minimum atomic E-state index is 0.755. The average molecular weight is 171 g/mol. The molecule has 1 fully saturated rings.